The molecule has 0 atom stereocenters. The first kappa shape index (κ1) is 32.3. The van der Waals surface area contributed by atoms with Gasteiger partial charge < -0.3 is 29.4 Å². The Hall–Kier alpha value is -4.08. The molecule has 4 amide bonds. The van der Waals surface area contributed by atoms with Crippen molar-refractivity contribution in [2.75, 3.05) is 31.7 Å². The molecule has 2 fully saturated rings. The van der Waals surface area contributed by atoms with Crippen LogP contribution in [-0.2, 0) is 21.0 Å². The number of anilines is 1. The van der Waals surface area contributed by atoms with Gasteiger partial charge in [0, 0.05) is 63.5 Å². The van der Waals surface area contributed by atoms with Crippen molar-refractivity contribution in [1.82, 2.24) is 25.7 Å². The van der Waals surface area contributed by atoms with E-state index in [2.05, 4.69) is 39.6 Å². The SMILES string of the molecule is C[Si](C)CCOCn1cc(C(=O)NNC(=O)C2CCC2)c2c(Oc3c(F)cc(NC(=O)NCC4(C)COC4)cc3F)ccnc21. The lowest BCUT2D eigenvalue weighted by atomic mass is 9.85. The topological polar surface area (TPSA) is 145 Å². The van der Waals surface area contributed by atoms with E-state index >= 15 is 8.78 Å². The number of pyridine rings is 1. The average molecular weight is 644 g/mol. The van der Waals surface area contributed by atoms with Gasteiger partial charge in [-0.25, -0.2) is 18.6 Å². The predicted octanol–water partition coefficient (Wildman–Crippen LogP) is 4.55. The normalized spacial score (nSPS) is 15.7. The Morgan fingerprint density at radius 2 is 1.89 bits per heavy atom. The Morgan fingerprint density at radius 1 is 1.16 bits per heavy atom. The summed E-state index contributed by atoms with van der Waals surface area (Å²) >= 11 is 0. The summed E-state index contributed by atoms with van der Waals surface area (Å²) in [5.74, 6) is -4.03. The number of carbonyl (C=O) groups excluding carboxylic acids is 3. The van der Waals surface area contributed by atoms with Crippen molar-refractivity contribution < 1.29 is 37.4 Å². The Labute approximate surface area is 260 Å². The maximum Gasteiger partial charge on any atom is 0.319 e. The largest absolute Gasteiger partial charge is 0.450 e. The van der Waals surface area contributed by atoms with Crippen molar-refractivity contribution in [3.05, 3.63) is 47.8 Å². The average Bonchev–Trinajstić information content (AvgIpc) is 3.32. The highest BCUT2D eigenvalue weighted by Gasteiger charge is 2.33. The number of benzene rings is 1. The highest BCUT2D eigenvalue weighted by molar-refractivity contribution is 6.55. The van der Waals surface area contributed by atoms with Crippen LogP contribution in [0.2, 0.25) is 19.1 Å². The van der Waals surface area contributed by atoms with Crippen LogP contribution in [0.3, 0.4) is 0 Å². The van der Waals surface area contributed by atoms with Crippen molar-refractivity contribution >= 4 is 43.4 Å². The summed E-state index contributed by atoms with van der Waals surface area (Å²) in [5, 5.41) is 5.26. The second-order valence-corrected chi connectivity index (χ2v) is 15.0. The lowest BCUT2D eigenvalue weighted by Crippen LogP contribution is -2.49. The van der Waals surface area contributed by atoms with Crippen LogP contribution in [0.5, 0.6) is 11.5 Å². The maximum atomic E-state index is 15.2. The van der Waals surface area contributed by atoms with Gasteiger partial charge in [-0.15, -0.1) is 0 Å². The van der Waals surface area contributed by atoms with Crippen molar-refractivity contribution in [1.29, 1.82) is 0 Å². The number of carbonyl (C=O) groups is 3. The number of fused-ring (bicyclic) bond motifs is 1. The molecule has 1 radical (unpaired) electrons. The van der Waals surface area contributed by atoms with Crippen LogP contribution in [0.25, 0.3) is 11.0 Å². The van der Waals surface area contributed by atoms with E-state index in [-0.39, 0.29) is 52.0 Å². The fourth-order valence-corrected chi connectivity index (χ4v) is 5.35. The van der Waals surface area contributed by atoms with Crippen molar-refractivity contribution in [3.8, 4) is 11.5 Å². The Kier molecular flexibility index (Phi) is 9.99. The number of nitrogens with zero attached hydrogens (tertiary/aromatic N) is 2. The zero-order valence-corrected chi connectivity index (χ0v) is 26.4. The summed E-state index contributed by atoms with van der Waals surface area (Å²) < 4.78 is 48.8. The first-order valence-corrected chi connectivity index (χ1v) is 17.5. The third kappa shape index (κ3) is 7.77. The van der Waals surface area contributed by atoms with Crippen molar-refractivity contribution in [2.24, 2.45) is 11.3 Å². The van der Waals surface area contributed by atoms with Crippen LogP contribution in [0.1, 0.15) is 36.5 Å². The molecule has 12 nitrogen and oxygen atoms in total. The van der Waals surface area contributed by atoms with E-state index in [4.69, 9.17) is 14.2 Å². The zero-order valence-electron chi connectivity index (χ0n) is 25.4. The molecule has 4 N–H and O–H groups in total. The number of hydrazine groups is 1. The minimum Gasteiger partial charge on any atom is -0.450 e. The first-order valence-electron chi connectivity index (χ1n) is 14.8. The standard InChI is InChI=1S/C30H37F2N6O6Si/c1-30(15-43-16-30)14-34-29(41)35-19-11-21(31)25(22(32)12-19)44-23-7-8-33-26-24(23)20(13-38(26)17-42-9-10-45(2)3)28(40)37-36-27(39)18-5-4-6-18/h7-8,11-13,18H,4-6,9-10,14-17H2,1-3H3,(H,36,39)(H,37,40)(H2,34,35,41). The third-order valence-corrected chi connectivity index (χ3v) is 8.96. The Balaban J connectivity index is 1.37. The van der Waals surface area contributed by atoms with Gasteiger partial charge in [-0.2, -0.15) is 0 Å². The highest BCUT2D eigenvalue weighted by Crippen LogP contribution is 2.36. The number of urea groups is 1. The van der Waals surface area contributed by atoms with Gasteiger partial charge in [-0.05, 0) is 25.0 Å². The highest BCUT2D eigenvalue weighted by atomic mass is 28.3. The maximum absolute atomic E-state index is 15.2. The van der Waals surface area contributed by atoms with Crippen LogP contribution in [-0.4, -0.2) is 62.6 Å². The molecule has 3 aromatic rings. The predicted molar refractivity (Wildman–Crippen MR) is 163 cm³/mol. The quantitative estimate of drug-likeness (QED) is 0.129. The second kappa shape index (κ2) is 13.9. The molecule has 5 rings (SSSR count). The molecule has 1 saturated carbocycles. The van der Waals surface area contributed by atoms with Gasteiger partial charge in [-0.1, -0.05) is 26.4 Å². The van der Waals surface area contributed by atoms with Gasteiger partial charge in [0.05, 0.1) is 24.2 Å². The van der Waals surface area contributed by atoms with E-state index in [1.54, 1.807) is 4.57 Å². The Morgan fingerprint density at radius 3 is 2.51 bits per heavy atom. The van der Waals surface area contributed by atoms with Gasteiger partial charge in [0.2, 0.25) is 5.91 Å². The monoisotopic (exact) mass is 643 g/mol. The number of halogens is 2. The molecule has 2 aliphatic rings. The Bertz CT molecular complexity index is 1550. The van der Waals surface area contributed by atoms with Crippen LogP contribution in [0.4, 0.5) is 19.3 Å². The number of hydrogen-bond acceptors (Lipinski definition) is 7. The minimum absolute atomic E-state index is 0.0472. The van der Waals surface area contributed by atoms with E-state index in [1.807, 2.05) is 6.92 Å². The molecular weight excluding hydrogens is 606 g/mol. The number of amides is 4. The number of aromatic nitrogens is 2. The molecule has 241 valence electrons. The molecule has 1 aliphatic carbocycles. The summed E-state index contributed by atoms with van der Waals surface area (Å²) in [5.41, 5.74) is 4.93. The molecule has 3 heterocycles. The van der Waals surface area contributed by atoms with Crippen molar-refractivity contribution in [3.63, 3.8) is 0 Å². The molecule has 0 spiro atoms. The molecule has 2 aromatic heterocycles. The van der Waals surface area contributed by atoms with Crippen LogP contribution in [0.15, 0.2) is 30.6 Å². The van der Waals surface area contributed by atoms with Gasteiger partial charge in [0.15, 0.2) is 17.4 Å². The van der Waals surface area contributed by atoms with Crippen molar-refractivity contribution in [2.45, 2.75) is 52.1 Å². The number of hydrogen-bond donors (Lipinski definition) is 4. The zero-order chi connectivity index (χ0) is 32.1. The minimum atomic E-state index is -1.08. The van der Waals surface area contributed by atoms with Crippen LogP contribution >= 0.6 is 0 Å². The number of ether oxygens (including phenoxy) is 3. The lowest BCUT2D eigenvalue weighted by Gasteiger charge is -2.37. The van der Waals surface area contributed by atoms with E-state index in [0.717, 1.165) is 37.4 Å². The van der Waals surface area contributed by atoms with Gasteiger partial charge in [0.1, 0.15) is 18.1 Å². The summed E-state index contributed by atoms with van der Waals surface area (Å²) in [7, 11) is -0.501. The molecule has 1 aromatic carbocycles. The molecule has 45 heavy (non-hydrogen) atoms. The molecule has 15 heteroatoms. The number of rotatable bonds is 12. The number of nitrogens with one attached hydrogen (secondary N) is 4. The smallest absolute Gasteiger partial charge is 0.319 e. The summed E-state index contributed by atoms with van der Waals surface area (Å²) in [6.45, 7) is 8.25. The van der Waals surface area contributed by atoms with Gasteiger partial charge in [0.25, 0.3) is 5.91 Å². The molecule has 0 unspecified atom stereocenters. The summed E-state index contributed by atoms with van der Waals surface area (Å²) in [6, 6.07) is 3.55. The molecule has 1 saturated heterocycles. The summed E-state index contributed by atoms with van der Waals surface area (Å²) in [6.07, 6.45) is 5.34. The first-order chi connectivity index (χ1) is 21.5. The van der Waals surface area contributed by atoms with Gasteiger partial charge in [-0.3, -0.25) is 20.4 Å². The van der Waals surface area contributed by atoms with E-state index in [9.17, 15) is 14.4 Å². The molecule has 1 aliphatic heterocycles. The fraction of sp³-hybridized carbons (Fsp3) is 0.467. The fourth-order valence-electron chi connectivity index (χ4n) is 4.80. The third-order valence-electron chi connectivity index (χ3n) is 7.76. The van der Waals surface area contributed by atoms with Gasteiger partial charge >= 0.3 is 6.03 Å². The van der Waals surface area contributed by atoms with Crippen LogP contribution < -0.4 is 26.2 Å². The van der Waals surface area contributed by atoms with E-state index < -0.39 is 38.1 Å². The second-order valence-electron chi connectivity index (χ2n) is 12.1. The van der Waals surface area contributed by atoms with E-state index in [1.165, 1.54) is 18.5 Å². The lowest BCUT2D eigenvalue weighted by molar-refractivity contribution is -0.128. The summed E-state index contributed by atoms with van der Waals surface area (Å²) in [4.78, 5) is 42.3. The van der Waals surface area contributed by atoms with Crippen LogP contribution in [0, 0.1) is 23.0 Å². The van der Waals surface area contributed by atoms with E-state index in [0.29, 0.717) is 26.4 Å². The molecule has 0 bridgehead atoms. The molecular formula is C30H37F2N6O6Si.